The van der Waals surface area contributed by atoms with Crippen LogP contribution in [0.25, 0.3) is 0 Å². The van der Waals surface area contributed by atoms with Gasteiger partial charge in [-0.3, -0.25) is 9.59 Å². The Kier molecular flexibility index (Phi) is 8.67. The summed E-state index contributed by atoms with van der Waals surface area (Å²) in [5.41, 5.74) is 0.786. The van der Waals surface area contributed by atoms with Crippen LogP contribution in [-0.4, -0.2) is 30.4 Å². The van der Waals surface area contributed by atoms with E-state index in [2.05, 4.69) is 24.5 Å². The molecule has 0 aliphatic rings. The van der Waals surface area contributed by atoms with Crippen molar-refractivity contribution in [3.63, 3.8) is 0 Å². The zero-order valence-electron chi connectivity index (χ0n) is 15.4. The van der Waals surface area contributed by atoms with Crippen molar-refractivity contribution in [1.82, 2.24) is 5.32 Å². The maximum atomic E-state index is 12.0. The fourth-order valence-electron chi connectivity index (χ4n) is 2.36. The van der Waals surface area contributed by atoms with E-state index >= 15 is 0 Å². The van der Waals surface area contributed by atoms with Crippen molar-refractivity contribution in [2.24, 2.45) is 5.92 Å². The van der Waals surface area contributed by atoms with Gasteiger partial charge in [-0.05, 0) is 37.5 Å². The molecule has 1 rings (SSSR count). The number of nitrogens with one attached hydrogen (secondary N) is 2. The zero-order chi connectivity index (χ0) is 18.8. The Morgan fingerprint density at radius 3 is 2.48 bits per heavy atom. The fraction of sp³-hybridized carbons (Fsp3) is 0.526. The Morgan fingerprint density at radius 1 is 1.12 bits per heavy atom. The van der Waals surface area contributed by atoms with Crippen LogP contribution >= 0.6 is 0 Å². The first-order valence-corrected chi connectivity index (χ1v) is 8.62. The maximum absolute atomic E-state index is 12.0. The highest BCUT2D eigenvalue weighted by Crippen LogP contribution is 2.12. The standard InChI is InChI=1S/C19H28N2O4/c1-13(2)7-5-8-14(3)20-18(23)12-25-19(24)16-9-6-10-17(11-16)21-15(4)22/h6,9-11,13-14H,5,7-8,12H2,1-4H3,(H,20,23)(H,21,22)/t14-/m1/s1. The van der Waals surface area contributed by atoms with Crippen LogP contribution in [0, 0.1) is 5.92 Å². The summed E-state index contributed by atoms with van der Waals surface area (Å²) in [4.78, 5) is 34.9. The molecule has 0 spiro atoms. The summed E-state index contributed by atoms with van der Waals surface area (Å²) in [6.45, 7) is 7.35. The number of rotatable bonds is 9. The number of carbonyl (C=O) groups is 3. The minimum Gasteiger partial charge on any atom is -0.452 e. The highest BCUT2D eigenvalue weighted by Gasteiger charge is 2.13. The van der Waals surface area contributed by atoms with Crippen LogP contribution in [0.5, 0.6) is 0 Å². The Balaban J connectivity index is 2.40. The van der Waals surface area contributed by atoms with Crippen LogP contribution in [0.15, 0.2) is 24.3 Å². The number of hydrogen-bond donors (Lipinski definition) is 2. The maximum Gasteiger partial charge on any atom is 0.338 e. The number of benzene rings is 1. The third kappa shape index (κ3) is 8.88. The molecule has 1 atom stereocenters. The second kappa shape index (κ2) is 10.5. The minimum absolute atomic E-state index is 0.0491. The molecule has 0 radical (unpaired) electrons. The number of esters is 1. The molecule has 0 aromatic heterocycles. The molecular formula is C19H28N2O4. The molecule has 0 bridgehead atoms. The van der Waals surface area contributed by atoms with Gasteiger partial charge in [0.1, 0.15) is 0 Å². The molecule has 2 N–H and O–H groups in total. The van der Waals surface area contributed by atoms with Crippen LogP contribution < -0.4 is 10.6 Å². The quantitative estimate of drug-likeness (QED) is 0.672. The lowest BCUT2D eigenvalue weighted by atomic mass is 10.0. The number of amides is 2. The second-order valence-electron chi connectivity index (χ2n) is 6.63. The van der Waals surface area contributed by atoms with Gasteiger partial charge in [-0.2, -0.15) is 0 Å². The van der Waals surface area contributed by atoms with Gasteiger partial charge in [-0.25, -0.2) is 4.79 Å². The van der Waals surface area contributed by atoms with Gasteiger partial charge in [0.2, 0.25) is 5.91 Å². The minimum atomic E-state index is -0.602. The molecule has 6 nitrogen and oxygen atoms in total. The van der Waals surface area contributed by atoms with Crippen molar-refractivity contribution in [1.29, 1.82) is 0 Å². The van der Waals surface area contributed by atoms with E-state index < -0.39 is 5.97 Å². The molecule has 0 saturated carbocycles. The summed E-state index contributed by atoms with van der Waals surface area (Å²) in [6, 6.07) is 6.44. The lowest BCUT2D eigenvalue weighted by Crippen LogP contribution is -2.35. The van der Waals surface area contributed by atoms with E-state index in [1.54, 1.807) is 18.2 Å². The van der Waals surface area contributed by atoms with Crippen LogP contribution in [0.1, 0.15) is 57.3 Å². The summed E-state index contributed by atoms with van der Waals surface area (Å²) < 4.78 is 5.03. The van der Waals surface area contributed by atoms with E-state index in [-0.39, 0.29) is 30.0 Å². The lowest BCUT2D eigenvalue weighted by molar-refractivity contribution is -0.124. The van der Waals surface area contributed by atoms with Crippen molar-refractivity contribution in [3.8, 4) is 0 Å². The van der Waals surface area contributed by atoms with Crippen molar-refractivity contribution < 1.29 is 19.1 Å². The predicted octanol–water partition coefficient (Wildman–Crippen LogP) is 3.13. The molecule has 138 valence electrons. The van der Waals surface area contributed by atoms with E-state index in [4.69, 9.17) is 4.74 Å². The predicted molar refractivity (Wildman–Crippen MR) is 97.3 cm³/mol. The average molecular weight is 348 g/mol. The average Bonchev–Trinajstić information content (AvgIpc) is 2.51. The van der Waals surface area contributed by atoms with Gasteiger partial charge < -0.3 is 15.4 Å². The number of ether oxygens (including phenoxy) is 1. The highest BCUT2D eigenvalue weighted by molar-refractivity contribution is 5.94. The first kappa shape index (κ1) is 20.7. The molecule has 0 aliphatic heterocycles. The van der Waals surface area contributed by atoms with Gasteiger partial charge in [0.25, 0.3) is 5.91 Å². The SMILES string of the molecule is CC(=O)Nc1cccc(C(=O)OCC(=O)N[C@H](C)CCCC(C)C)c1. The van der Waals surface area contributed by atoms with Crippen LogP contribution in [0.2, 0.25) is 0 Å². The first-order chi connectivity index (χ1) is 11.8. The van der Waals surface area contributed by atoms with Crippen LogP contribution in [0.3, 0.4) is 0 Å². The van der Waals surface area contributed by atoms with E-state index in [0.29, 0.717) is 11.6 Å². The normalized spacial score (nSPS) is 11.7. The summed E-state index contributed by atoms with van der Waals surface area (Å²) in [5.74, 6) is -0.494. The van der Waals surface area contributed by atoms with Gasteiger partial charge in [0.05, 0.1) is 5.56 Å². The molecule has 1 aromatic carbocycles. The van der Waals surface area contributed by atoms with Crippen molar-refractivity contribution >= 4 is 23.5 Å². The number of anilines is 1. The van der Waals surface area contributed by atoms with Crippen LogP contribution in [0.4, 0.5) is 5.69 Å². The smallest absolute Gasteiger partial charge is 0.338 e. The van der Waals surface area contributed by atoms with Gasteiger partial charge >= 0.3 is 5.97 Å². The first-order valence-electron chi connectivity index (χ1n) is 8.62. The number of hydrogen-bond acceptors (Lipinski definition) is 4. The Morgan fingerprint density at radius 2 is 1.84 bits per heavy atom. The summed E-state index contributed by atoms with van der Waals surface area (Å²) in [5, 5.41) is 5.42. The Bertz CT molecular complexity index is 599. The Hall–Kier alpha value is -2.37. The molecule has 25 heavy (non-hydrogen) atoms. The topological polar surface area (TPSA) is 84.5 Å². The molecule has 2 amide bonds. The number of carbonyl (C=O) groups excluding carboxylic acids is 3. The monoisotopic (exact) mass is 348 g/mol. The molecule has 0 fully saturated rings. The van der Waals surface area contributed by atoms with Crippen molar-refractivity contribution in [3.05, 3.63) is 29.8 Å². The molecule has 1 aromatic rings. The van der Waals surface area contributed by atoms with Crippen LogP contribution in [-0.2, 0) is 14.3 Å². The molecule has 6 heteroatoms. The molecule has 0 heterocycles. The fourth-order valence-corrected chi connectivity index (χ4v) is 2.36. The van der Waals surface area contributed by atoms with Gasteiger partial charge in [0, 0.05) is 18.7 Å². The van der Waals surface area contributed by atoms with Gasteiger partial charge in [0.15, 0.2) is 6.61 Å². The molecule has 0 unspecified atom stereocenters. The third-order valence-corrected chi connectivity index (χ3v) is 3.58. The molecule has 0 saturated heterocycles. The van der Waals surface area contributed by atoms with E-state index in [0.717, 1.165) is 19.3 Å². The summed E-state index contributed by atoms with van der Waals surface area (Å²) in [6.07, 6.45) is 3.07. The summed E-state index contributed by atoms with van der Waals surface area (Å²) in [7, 11) is 0. The van der Waals surface area contributed by atoms with Crippen molar-refractivity contribution in [2.45, 2.75) is 53.0 Å². The summed E-state index contributed by atoms with van der Waals surface area (Å²) >= 11 is 0. The lowest BCUT2D eigenvalue weighted by Gasteiger charge is -2.14. The zero-order valence-corrected chi connectivity index (χ0v) is 15.4. The van der Waals surface area contributed by atoms with Crippen molar-refractivity contribution in [2.75, 3.05) is 11.9 Å². The largest absolute Gasteiger partial charge is 0.452 e. The highest BCUT2D eigenvalue weighted by atomic mass is 16.5. The van der Waals surface area contributed by atoms with E-state index in [1.165, 1.54) is 13.0 Å². The van der Waals surface area contributed by atoms with E-state index in [1.807, 2.05) is 6.92 Å². The Labute approximate surface area is 149 Å². The third-order valence-electron chi connectivity index (χ3n) is 3.58. The van der Waals surface area contributed by atoms with Gasteiger partial charge in [-0.1, -0.05) is 32.8 Å². The van der Waals surface area contributed by atoms with Gasteiger partial charge in [-0.15, -0.1) is 0 Å². The molecule has 0 aliphatic carbocycles. The second-order valence-corrected chi connectivity index (χ2v) is 6.63. The molecular weight excluding hydrogens is 320 g/mol. The van der Waals surface area contributed by atoms with E-state index in [9.17, 15) is 14.4 Å².